The number of nitrogens with one attached hydrogen (secondary N) is 1. The molecule has 96 valence electrons. The average molecular weight is 246 g/mol. The lowest BCUT2D eigenvalue weighted by molar-refractivity contribution is -0.132. The number of aryl methyl sites for hydroxylation is 1. The summed E-state index contributed by atoms with van der Waals surface area (Å²) in [5.74, 6) is -0.355. The van der Waals surface area contributed by atoms with E-state index in [0.717, 1.165) is 11.3 Å². The molecular weight excluding hydrogens is 228 g/mol. The van der Waals surface area contributed by atoms with Crippen molar-refractivity contribution in [1.82, 2.24) is 4.90 Å². The van der Waals surface area contributed by atoms with Crippen LogP contribution < -0.4 is 5.32 Å². The highest BCUT2D eigenvalue weighted by molar-refractivity contribution is 5.94. The first-order valence-electron chi connectivity index (χ1n) is 5.76. The SMILES string of the molecule is C=CCN(CC(=O)Nc1cccc(C)c1)C(C)=O. The lowest BCUT2D eigenvalue weighted by Crippen LogP contribution is -2.36. The van der Waals surface area contributed by atoms with Crippen molar-refractivity contribution in [3.05, 3.63) is 42.5 Å². The molecule has 0 unspecified atom stereocenters. The Balaban J connectivity index is 2.60. The predicted octanol–water partition coefficient (Wildman–Crippen LogP) is 1.97. The Hall–Kier alpha value is -2.10. The zero-order chi connectivity index (χ0) is 13.5. The van der Waals surface area contributed by atoms with E-state index in [0.29, 0.717) is 6.54 Å². The molecule has 0 atom stereocenters. The van der Waals surface area contributed by atoms with Gasteiger partial charge in [-0.1, -0.05) is 18.2 Å². The van der Waals surface area contributed by atoms with Crippen LogP contribution in [-0.4, -0.2) is 29.8 Å². The van der Waals surface area contributed by atoms with Crippen molar-refractivity contribution in [3.8, 4) is 0 Å². The molecule has 0 aromatic heterocycles. The summed E-state index contributed by atoms with van der Waals surface area (Å²) in [6.07, 6.45) is 1.60. The highest BCUT2D eigenvalue weighted by Crippen LogP contribution is 2.09. The van der Waals surface area contributed by atoms with Crippen LogP contribution in [-0.2, 0) is 9.59 Å². The van der Waals surface area contributed by atoms with Gasteiger partial charge in [-0.15, -0.1) is 6.58 Å². The second-order valence-corrected chi connectivity index (χ2v) is 4.11. The van der Waals surface area contributed by atoms with Gasteiger partial charge in [-0.3, -0.25) is 9.59 Å². The minimum atomic E-state index is -0.211. The fourth-order valence-corrected chi connectivity index (χ4v) is 1.56. The predicted molar refractivity (Wildman–Crippen MR) is 72.3 cm³/mol. The normalized spacial score (nSPS) is 9.67. The van der Waals surface area contributed by atoms with E-state index in [1.165, 1.54) is 11.8 Å². The quantitative estimate of drug-likeness (QED) is 0.807. The molecule has 1 rings (SSSR count). The minimum Gasteiger partial charge on any atom is -0.330 e. The van der Waals surface area contributed by atoms with E-state index in [1.54, 1.807) is 6.08 Å². The molecule has 0 aliphatic heterocycles. The molecular formula is C14H18N2O2. The van der Waals surface area contributed by atoms with Crippen LogP contribution in [0.25, 0.3) is 0 Å². The summed E-state index contributed by atoms with van der Waals surface area (Å²) >= 11 is 0. The van der Waals surface area contributed by atoms with Crippen molar-refractivity contribution in [3.63, 3.8) is 0 Å². The molecule has 0 heterocycles. The maximum absolute atomic E-state index is 11.8. The molecule has 0 bridgehead atoms. The van der Waals surface area contributed by atoms with E-state index in [-0.39, 0.29) is 18.4 Å². The molecule has 1 N–H and O–H groups in total. The van der Waals surface area contributed by atoms with E-state index < -0.39 is 0 Å². The van der Waals surface area contributed by atoms with Gasteiger partial charge in [0.15, 0.2) is 0 Å². The second kappa shape index (κ2) is 6.59. The van der Waals surface area contributed by atoms with Crippen molar-refractivity contribution in [2.24, 2.45) is 0 Å². The van der Waals surface area contributed by atoms with Gasteiger partial charge in [-0.2, -0.15) is 0 Å². The number of hydrogen-bond donors (Lipinski definition) is 1. The molecule has 0 saturated heterocycles. The third-order valence-corrected chi connectivity index (χ3v) is 2.43. The molecule has 4 nitrogen and oxygen atoms in total. The summed E-state index contributed by atoms with van der Waals surface area (Å²) in [6, 6.07) is 7.52. The van der Waals surface area contributed by atoms with Gasteiger partial charge in [0, 0.05) is 19.2 Å². The van der Waals surface area contributed by atoms with Crippen LogP contribution in [0, 0.1) is 6.92 Å². The number of carbonyl (C=O) groups is 2. The number of hydrogen-bond acceptors (Lipinski definition) is 2. The largest absolute Gasteiger partial charge is 0.330 e. The van der Waals surface area contributed by atoms with Gasteiger partial charge >= 0.3 is 0 Å². The Morgan fingerprint density at radius 2 is 2.17 bits per heavy atom. The third-order valence-electron chi connectivity index (χ3n) is 2.43. The van der Waals surface area contributed by atoms with E-state index in [2.05, 4.69) is 11.9 Å². The van der Waals surface area contributed by atoms with E-state index >= 15 is 0 Å². The molecule has 4 heteroatoms. The standard InChI is InChI=1S/C14H18N2O2/c1-4-8-16(12(3)17)10-14(18)15-13-7-5-6-11(2)9-13/h4-7,9H,1,8,10H2,2-3H3,(H,15,18). The van der Waals surface area contributed by atoms with Crippen LogP contribution >= 0.6 is 0 Å². The van der Waals surface area contributed by atoms with Crippen LogP contribution in [0.5, 0.6) is 0 Å². The van der Waals surface area contributed by atoms with E-state index in [9.17, 15) is 9.59 Å². The summed E-state index contributed by atoms with van der Waals surface area (Å²) in [5, 5.41) is 2.76. The lowest BCUT2D eigenvalue weighted by Gasteiger charge is -2.18. The molecule has 1 aromatic carbocycles. The number of anilines is 1. The fourth-order valence-electron chi connectivity index (χ4n) is 1.56. The first-order chi connectivity index (χ1) is 8.52. The van der Waals surface area contributed by atoms with Gasteiger partial charge < -0.3 is 10.2 Å². The Morgan fingerprint density at radius 1 is 1.44 bits per heavy atom. The lowest BCUT2D eigenvalue weighted by atomic mass is 10.2. The van der Waals surface area contributed by atoms with Gasteiger partial charge in [-0.05, 0) is 24.6 Å². The number of benzene rings is 1. The Kier molecular flexibility index (Phi) is 5.11. The number of nitrogens with zero attached hydrogens (tertiary/aromatic N) is 1. The maximum Gasteiger partial charge on any atom is 0.244 e. The van der Waals surface area contributed by atoms with Crippen molar-refractivity contribution in [2.45, 2.75) is 13.8 Å². The molecule has 0 aliphatic carbocycles. The Labute approximate surface area is 107 Å². The molecule has 0 fully saturated rings. The smallest absolute Gasteiger partial charge is 0.244 e. The molecule has 0 spiro atoms. The first-order valence-corrected chi connectivity index (χ1v) is 5.76. The van der Waals surface area contributed by atoms with Crippen molar-refractivity contribution < 1.29 is 9.59 Å². The monoisotopic (exact) mass is 246 g/mol. The van der Waals surface area contributed by atoms with Crippen molar-refractivity contribution in [1.29, 1.82) is 0 Å². The highest BCUT2D eigenvalue weighted by Gasteiger charge is 2.12. The van der Waals surface area contributed by atoms with E-state index in [1.807, 2.05) is 31.2 Å². The summed E-state index contributed by atoms with van der Waals surface area (Å²) in [4.78, 5) is 24.5. The Morgan fingerprint density at radius 3 is 2.72 bits per heavy atom. The molecule has 18 heavy (non-hydrogen) atoms. The third kappa shape index (κ3) is 4.41. The van der Waals surface area contributed by atoms with Gasteiger partial charge in [0.2, 0.25) is 11.8 Å². The van der Waals surface area contributed by atoms with Gasteiger partial charge in [0.25, 0.3) is 0 Å². The van der Waals surface area contributed by atoms with Crippen LogP contribution in [0.2, 0.25) is 0 Å². The molecule has 0 radical (unpaired) electrons. The minimum absolute atomic E-state index is 0.0370. The maximum atomic E-state index is 11.8. The van der Waals surface area contributed by atoms with Crippen LogP contribution in [0.3, 0.4) is 0 Å². The average Bonchev–Trinajstić information content (AvgIpc) is 2.28. The number of rotatable bonds is 5. The van der Waals surface area contributed by atoms with Crippen LogP contribution in [0.1, 0.15) is 12.5 Å². The molecule has 0 saturated carbocycles. The van der Waals surface area contributed by atoms with Crippen LogP contribution in [0.4, 0.5) is 5.69 Å². The molecule has 2 amide bonds. The van der Waals surface area contributed by atoms with Crippen molar-refractivity contribution in [2.75, 3.05) is 18.4 Å². The molecule has 1 aromatic rings. The summed E-state index contributed by atoms with van der Waals surface area (Å²) < 4.78 is 0. The highest BCUT2D eigenvalue weighted by atomic mass is 16.2. The fraction of sp³-hybridized carbons (Fsp3) is 0.286. The summed E-state index contributed by atoms with van der Waals surface area (Å²) in [7, 11) is 0. The second-order valence-electron chi connectivity index (χ2n) is 4.11. The van der Waals surface area contributed by atoms with Gasteiger partial charge in [0.05, 0.1) is 0 Å². The van der Waals surface area contributed by atoms with E-state index in [4.69, 9.17) is 0 Å². The first kappa shape index (κ1) is 14.0. The zero-order valence-electron chi connectivity index (χ0n) is 10.8. The topological polar surface area (TPSA) is 49.4 Å². The molecule has 0 aliphatic rings. The summed E-state index contributed by atoms with van der Waals surface area (Å²) in [5.41, 5.74) is 1.81. The van der Waals surface area contributed by atoms with Gasteiger partial charge in [-0.25, -0.2) is 0 Å². The van der Waals surface area contributed by atoms with Crippen LogP contribution in [0.15, 0.2) is 36.9 Å². The summed E-state index contributed by atoms with van der Waals surface area (Å²) in [6.45, 7) is 7.36. The number of carbonyl (C=O) groups excluding carboxylic acids is 2. The van der Waals surface area contributed by atoms with Crippen molar-refractivity contribution >= 4 is 17.5 Å². The number of amides is 2. The Bertz CT molecular complexity index is 455. The zero-order valence-corrected chi connectivity index (χ0v) is 10.8. The van der Waals surface area contributed by atoms with Gasteiger partial charge in [0.1, 0.15) is 6.54 Å².